The largest absolute Gasteiger partial charge is 0.463 e. The molecular weight excluding hydrogens is 290 g/mol. The molecule has 0 radical (unpaired) electrons. The minimum absolute atomic E-state index is 0.0819. The van der Waals surface area contributed by atoms with E-state index in [1.165, 1.54) is 7.11 Å². The summed E-state index contributed by atoms with van der Waals surface area (Å²) in [7, 11) is 1.23. The highest BCUT2D eigenvalue weighted by atomic mass is 16.5. The highest BCUT2D eigenvalue weighted by Gasteiger charge is 2.25. The SMILES string of the molecule is COC(=O)C(=O)CC(c1ccccc1)c1c[nH]c2ccccc12. The molecule has 1 aromatic heterocycles. The second kappa shape index (κ2) is 6.48. The van der Waals surface area contributed by atoms with Crippen LogP contribution in [0.4, 0.5) is 0 Å². The Morgan fingerprint density at radius 2 is 1.74 bits per heavy atom. The van der Waals surface area contributed by atoms with E-state index in [-0.39, 0.29) is 12.3 Å². The van der Waals surface area contributed by atoms with Gasteiger partial charge in [-0.15, -0.1) is 0 Å². The molecule has 1 N–H and O–H groups in total. The van der Waals surface area contributed by atoms with E-state index in [1.807, 2.05) is 60.8 Å². The Hall–Kier alpha value is -2.88. The number of hydrogen-bond acceptors (Lipinski definition) is 3. The van der Waals surface area contributed by atoms with Gasteiger partial charge in [-0.3, -0.25) is 4.79 Å². The van der Waals surface area contributed by atoms with Crippen molar-refractivity contribution in [2.45, 2.75) is 12.3 Å². The third-order valence-electron chi connectivity index (χ3n) is 4.00. The highest BCUT2D eigenvalue weighted by molar-refractivity contribution is 6.33. The van der Waals surface area contributed by atoms with Crippen molar-refractivity contribution in [3.05, 3.63) is 71.9 Å². The minimum atomic E-state index is -0.800. The number of fused-ring (bicyclic) bond motifs is 1. The first kappa shape index (κ1) is 15.0. The van der Waals surface area contributed by atoms with Crippen molar-refractivity contribution in [2.24, 2.45) is 0 Å². The molecule has 4 nitrogen and oxygen atoms in total. The smallest absolute Gasteiger partial charge is 0.374 e. The number of ketones is 1. The van der Waals surface area contributed by atoms with Crippen LogP contribution in [-0.2, 0) is 14.3 Å². The molecule has 0 saturated heterocycles. The van der Waals surface area contributed by atoms with Crippen LogP contribution in [0.5, 0.6) is 0 Å². The molecule has 1 atom stereocenters. The lowest BCUT2D eigenvalue weighted by Gasteiger charge is -2.16. The van der Waals surface area contributed by atoms with E-state index < -0.39 is 11.8 Å². The van der Waals surface area contributed by atoms with Crippen LogP contribution in [0.1, 0.15) is 23.5 Å². The van der Waals surface area contributed by atoms with Crippen molar-refractivity contribution >= 4 is 22.7 Å². The van der Waals surface area contributed by atoms with Gasteiger partial charge in [0.1, 0.15) is 0 Å². The molecule has 0 spiro atoms. The van der Waals surface area contributed by atoms with Crippen LogP contribution in [0.2, 0.25) is 0 Å². The normalized spacial score (nSPS) is 12.0. The Balaban J connectivity index is 2.05. The number of nitrogens with one attached hydrogen (secondary N) is 1. The highest BCUT2D eigenvalue weighted by Crippen LogP contribution is 2.33. The molecule has 2 aromatic carbocycles. The van der Waals surface area contributed by atoms with Gasteiger partial charge < -0.3 is 9.72 Å². The Kier molecular flexibility index (Phi) is 4.24. The lowest BCUT2D eigenvalue weighted by molar-refractivity contribution is -0.151. The number of esters is 1. The fraction of sp³-hybridized carbons (Fsp3) is 0.158. The van der Waals surface area contributed by atoms with Crippen molar-refractivity contribution < 1.29 is 14.3 Å². The lowest BCUT2D eigenvalue weighted by Crippen LogP contribution is -2.19. The van der Waals surface area contributed by atoms with Gasteiger partial charge in [-0.2, -0.15) is 0 Å². The fourth-order valence-electron chi connectivity index (χ4n) is 2.86. The van der Waals surface area contributed by atoms with Crippen LogP contribution in [0, 0.1) is 0 Å². The standard InChI is InChI=1S/C19H17NO3/c1-23-19(22)18(21)11-15(13-7-3-2-4-8-13)16-12-20-17-10-6-5-9-14(16)17/h2-10,12,15,20H,11H2,1H3. The first-order chi connectivity index (χ1) is 11.2. The molecule has 0 fully saturated rings. The summed E-state index contributed by atoms with van der Waals surface area (Å²) in [6, 6.07) is 17.7. The molecule has 0 amide bonds. The van der Waals surface area contributed by atoms with Gasteiger partial charge in [0.05, 0.1) is 7.11 Å². The van der Waals surface area contributed by atoms with E-state index in [1.54, 1.807) is 0 Å². The van der Waals surface area contributed by atoms with Crippen LogP contribution < -0.4 is 0 Å². The summed E-state index contributed by atoms with van der Waals surface area (Å²) >= 11 is 0. The summed E-state index contributed by atoms with van der Waals surface area (Å²) in [5.74, 6) is -1.52. The van der Waals surface area contributed by atoms with E-state index in [2.05, 4.69) is 9.72 Å². The molecule has 3 aromatic rings. The van der Waals surface area contributed by atoms with Crippen molar-refractivity contribution in [2.75, 3.05) is 7.11 Å². The number of rotatable bonds is 5. The Labute approximate surface area is 134 Å². The second-order valence-electron chi connectivity index (χ2n) is 5.37. The summed E-state index contributed by atoms with van der Waals surface area (Å²) in [6.07, 6.45) is 1.99. The maximum atomic E-state index is 12.1. The van der Waals surface area contributed by atoms with E-state index in [0.717, 1.165) is 22.0 Å². The quantitative estimate of drug-likeness (QED) is 0.580. The van der Waals surface area contributed by atoms with Gasteiger partial charge in [0.2, 0.25) is 5.78 Å². The number of hydrogen-bond donors (Lipinski definition) is 1. The topological polar surface area (TPSA) is 59.2 Å². The zero-order valence-electron chi connectivity index (χ0n) is 12.8. The molecule has 1 unspecified atom stereocenters. The third kappa shape index (κ3) is 3.01. The minimum Gasteiger partial charge on any atom is -0.463 e. The van der Waals surface area contributed by atoms with Crippen molar-refractivity contribution in [3.8, 4) is 0 Å². The molecule has 4 heteroatoms. The Bertz CT molecular complexity index is 836. The molecule has 116 valence electrons. The number of Topliss-reactive ketones (excluding diaryl/α,β-unsaturated/α-hetero) is 1. The van der Waals surface area contributed by atoms with Crippen LogP contribution >= 0.6 is 0 Å². The number of carbonyl (C=O) groups excluding carboxylic acids is 2. The van der Waals surface area contributed by atoms with Gasteiger partial charge >= 0.3 is 5.97 Å². The van der Waals surface area contributed by atoms with Gasteiger partial charge in [-0.25, -0.2) is 4.79 Å². The monoisotopic (exact) mass is 307 g/mol. The summed E-state index contributed by atoms with van der Waals surface area (Å²) in [5.41, 5.74) is 3.01. The van der Waals surface area contributed by atoms with E-state index >= 15 is 0 Å². The number of ether oxygens (including phenoxy) is 1. The zero-order chi connectivity index (χ0) is 16.2. The van der Waals surface area contributed by atoms with E-state index in [9.17, 15) is 9.59 Å². The fourth-order valence-corrected chi connectivity index (χ4v) is 2.86. The van der Waals surface area contributed by atoms with Crippen LogP contribution in [0.25, 0.3) is 10.9 Å². The van der Waals surface area contributed by atoms with Crippen LogP contribution in [0.15, 0.2) is 60.8 Å². The van der Waals surface area contributed by atoms with E-state index in [0.29, 0.717) is 0 Å². The summed E-state index contributed by atoms with van der Waals surface area (Å²) < 4.78 is 4.56. The van der Waals surface area contributed by atoms with Crippen molar-refractivity contribution in [1.29, 1.82) is 0 Å². The first-order valence-corrected chi connectivity index (χ1v) is 7.43. The number of carbonyl (C=O) groups is 2. The van der Waals surface area contributed by atoms with Crippen LogP contribution in [0.3, 0.4) is 0 Å². The number of para-hydroxylation sites is 1. The number of benzene rings is 2. The van der Waals surface area contributed by atoms with Crippen molar-refractivity contribution in [1.82, 2.24) is 4.98 Å². The predicted octanol–water partition coefficient (Wildman–Crippen LogP) is 3.43. The Morgan fingerprint density at radius 1 is 1.04 bits per heavy atom. The van der Waals surface area contributed by atoms with E-state index in [4.69, 9.17) is 0 Å². The molecule has 23 heavy (non-hydrogen) atoms. The first-order valence-electron chi connectivity index (χ1n) is 7.43. The molecule has 0 saturated carbocycles. The number of aromatic nitrogens is 1. The zero-order valence-corrected chi connectivity index (χ0v) is 12.8. The van der Waals surface area contributed by atoms with Crippen LogP contribution in [-0.4, -0.2) is 23.8 Å². The summed E-state index contributed by atoms with van der Waals surface area (Å²) in [4.78, 5) is 26.9. The molecule has 0 aliphatic rings. The van der Waals surface area contributed by atoms with Gasteiger partial charge in [0.15, 0.2) is 0 Å². The number of H-pyrrole nitrogens is 1. The number of methoxy groups -OCH3 is 1. The molecular formula is C19H17NO3. The Morgan fingerprint density at radius 3 is 2.48 bits per heavy atom. The molecule has 0 aliphatic heterocycles. The predicted molar refractivity (Wildman–Crippen MR) is 88.2 cm³/mol. The summed E-state index contributed by atoms with van der Waals surface area (Å²) in [6.45, 7) is 0. The molecule has 1 heterocycles. The second-order valence-corrected chi connectivity index (χ2v) is 5.37. The lowest BCUT2D eigenvalue weighted by atomic mass is 9.87. The molecule has 3 rings (SSSR count). The van der Waals surface area contributed by atoms with Gasteiger partial charge in [0.25, 0.3) is 0 Å². The van der Waals surface area contributed by atoms with Gasteiger partial charge in [-0.1, -0.05) is 48.5 Å². The summed E-state index contributed by atoms with van der Waals surface area (Å²) in [5, 5.41) is 1.05. The third-order valence-corrected chi connectivity index (χ3v) is 4.00. The number of aromatic amines is 1. The van der Waals surface area contributed by atoms with Crippen molar-refractivity contribution in [3.63, 3.8) is 0 Å². The molecule has 0 bridgehead atoms. The maximum Gasteiger partial charge on any atom is 0.374 e. The van der Waals surface area contributed by atoms with Gasteiger partial charge in [-0.05, 0) is 17.2 Å². The van der Waals surface area contributed by atoms with Gasteiger partial charge in [0, 0.05) is 29.4 Å². The average molecular weight is 307 g/mol. The molecule has 0 aliphatic carbocycles. The average Bonchev–Trinajstić information content (AvgIpc) is 3.03. The maximum absolute atomic E-state index is 12.1.